The van der Waals surface area contributed by atoms with E-state index in [0.717, 1.165) is 36.7 Å². The Morgan fingerprint density at radius 1 is 0.941 bits per heavy atom. The van der Waals surface area contributed by atoms with Crippen molar-refractivity contribution in [1.82, 2.24) is 0 Å². The Morgan fingerprint density at radius 3 is 2.47 bits per heavy atom. The molecular formula is C27H17BrINO3S. The second-order valence-electron chi connectivity index (χ2n) is 7.59. The SMILES string of the molecule is O=C1S/C(=C\c2cc(Br)c(OCc3cccc4ccccc34)c(I)c2)C(=O)N1c1ccccc1. The first kappa shape index (κ1) is 23.1. The summed E-state index contributed by atoms with van der Waals surface area (Å²) in [6.45, 7) is 0.436. The van der Waals surface area contributed by atoms with E-state index < -0.39 is 0 Å². The number of halogens is 2. The number of anilines is 1. The van der Waals surface area contributed by atoms with E-state index in [1.807, 2.05) is 36.4 Å². The molecule has 1 aliphatic heterocycles. The lowest BCUT2D eigenvalue weighted by Crippen LogP contribution is -2.27. The van der Waals surface area contributed by atoms with Crippen molar-refractivity contribution in [2.45, 2.75) is 6.61 Å². The summed E-state index contributed by atoms with van der Waals surface area (Å²) in [5.41, 5.74) is 2.49. The Bertz CT molecular complexity index is 1430. The highest BCUT2D eigenvalue weighted by atomic mass is 127. The lowest BCUT2D eigenvalue weighted by molar-refractivity contribution is -0.113. The number of thioether (sulfide) groups is 1. The van der Waals surface area contributed by atoms with Crippen LogP contribution in [0.15, 0.2) is 94.3 Å². The van der Waals surface area contributed by atoms with Crippen LogP contribution in [0.2, 0.25) is 0 Å². The Kier molecular flexibility index (Phi) is 6.76. The van der Waals surface area contributed by atoms with E-state index in [9.17, 15) is 9.59 Å². The van der Waals surface area contributed by atoms with E-state index in [0.29, 0.717) is 17.2 Å². The Balaban J connectivity index is 1.38. The van der Waals surface area contributed by atoms with Gasteiger partial charge in [-0.15, -0.1) is 0 Å². The quantitative estimate of drug-likeness (QED) is 0.164. The van der Waals surface area contributed by atoms with Crippen LogP contribution in [0.4, 0.5) is 10.5 Å². The van der Waals surface area contributed by atoms with Gasteiger partial charge in [0.2, 0.25) is 0 Å². The summed E-state index contributed by atoms with van der Waals surface area (Å²) < 4.78 is 7.88. The predicted octanol–water partition coefficient (Wildman–Crippen LogP) is 8.03. The van der Waals surface area contributed by atoms with Crippen LogP contribution >= 0.6 is 50.3 Å². The topological polar surface area (TPSA) is 46.6 Å². The summed E-state index contributed by atoms with van der Waals surface area (Å²) in [5.74, 6) is 0.423. The number of hydrogen-bond donors (Lipinski definition) is 0. The molecule has 1 aliphatic rings. The van der Waals surface area contributed by atoms with Crippen LogP contribution in [-0.4, -0.2) is 11.1 Å². The molecule has 2 amide bonds. The smallest absolute Gasteiger partial charge is 0.298 e. The first-order chi connectivity index (χ1) is 16.5. The van der Waals surface area contributed by atoms with Gasteiger partial charge in [0, 0.05) is 0 Å². The van der Waals surface area contributed by atoms with Gasteiger partial charge in [-0.1, -0.05) is 60.7 Å². The molecule has 4 aromatic carbocycles. The summed E-state index contributed by atoms with van der Waals surface area (Å²) in [6, 6.07) is 27.2. The van der Waals surface area contributed by atoms with Gasteiger partial charge in [-0.25, -0.2) is 4.90 Å². The predicted molar refractivity (Wildman–Crippen MR) is 150 cm³/mol. The molecule has 1 fully saturated rings. The van der Waals surface area contributed by atoms with Gasteiger partial charge in [-0.2, -0.15) is 0 Å². The van der Waals surface area contributed by atoms with Crippen LogP contribution in [0.3, 0.4) is 0 Å². The van der Waals surface area contributed by atoms with E-state index in [4.69, 9.17) is 4.74 Å². The molecule has 0 bridgehead atoms. The average Bonchev–Trinajstić information content (AvgIpc) is 3.11. The number of carbonyl (C=O) groups is 2. The first-order valence-electron chi connectivity index (χ1n) is 10.4. The maximum atomic E-state index is 12.9. The number of fused-ring (bicyclic) bond motifs is 1. The van der Waals surface area contributed by atoms with Gasteiger partial charge in [0.05, 0.1) is 18.6 Å². The van der Waals surface area contributed by atoms with Crippen molar-refractivity contribution in [1.29, 1.82) is 0 Å². The maximum Gasteiger partial charge on any atom is 0.298 e. The summed E-state index contributed by atoms with van der Waals surface area (Å²) >= 11 is 6.79. The number of benzene rings is 4. The number of hydrogen-bond acceptors (Lipinski definition) is 4. The average molecular weight is 642 g/mol. The van der Waals surface area contributed by atoms with Crippen molar-refractivity contribution in [3.63, 3.8) is 0 Å². The maximum absolute atomic E-state index is 12.9. The molecule has 34 heavy (non-hydrogen) atoms. The second kappa shape index (κ2) is 9.93. The normalized spacial score (nSPS) is 14.9. The zero-order valence-electron chi connectivity index (χ0n) is 17.7. The number of ether oxygens (including phenoxy) is 1. The molecular weight excluding hydrogens is 625 g/mol. The van der Waals surface area contributed by atoms with Crippen LogP contribution < -0.4 is 9.64 Å². The monoisotopic (exact) mass is 641 g/mol. The van der Waals surface area contributed by atoms with Crippen LogP contribution in [0.5, 0.6) is 5.75 Å². The molecule has 4 aromatic rings. The van der Waals surface area contributed by atoms with Crippen LogP contribution in [0, 0.1) is 3.57 Å². The van der Waals surface area contributed by atoms with Gasteiger partial charge in [0.15, 0.2) is 0 Å². The molecule has 0 unspecified atom stereocenters. The van der Waals surface area contributed by atoms with Crippen molar-refractivity contribution < 1.29 is 14.3 Å². The summed E-state index contributed by atoms with van der Waals surface area (Å²) in [4.78, 5) is 27.0. The number of imide groups is 1. The Morgan fingerprint density at radius 2 is 1.68 bits per heavy atom. The third-order valence-corrected chi connectivity index (χ3v) is 7.64. The summed E-state index contributed by atoms with van der Waals surface area (Å²) in [5, 5.41) is 2.05. The largest absolute Gasteiger partial charge is 0.487 e. The van der Waals surface area contributed by atoms with Gasteiger partial charge in [0.1, 0.15) is 12.4 Å². The highest BCUT2D eigenvalue weighted by Crippen LogP contribution is 2.38. The molecule has 1 heterocycles. The Hall–Kier alpha value is -2.62. The van der Waals surface area contributed by atoms with Crippen LogP contribution in [-0.2, 0) is 11.4 Å². The van der Waals surface area contributed by atoms with E-state index in [2.05, 4.69) is 62.8 Å². The van der Waals surface area contributed by atoms with Gasteiger partial charge in [-0.05, 0) is 103 Å². The molecule has 1 saturated heterocycles. The van der Waals surface area contributed by atoms with E-state index in [1.165, 1.54) is 15.7 Å². The molecule has 0 radical (unpaired) electrons. The molecule has 0 aromatic heterocycles. The van der Waals surface area contributed by atoms with Crippen LogP contribution in [0.25, 0.3) is 16.8 Å². The fourth-order valence-corrected chi connectivity index (χ4v) is 6.40. The zero-order chi connectivity index (χ0) is 23.7. The molecule has 0 aliphatic carbocycles. The van der Waals surface area contributed by atoms with E-state index in [1.54, 1.807) is 30.3 Å². The standard InChI is InChI=1S/C27H17BrINO3S/c28-22-13-17(15-24-26(31)30(27(32)34-24)20-10-2-1-3-11-20)14-23(29)25(22)33-16-19-9-6-8-18-7-4-5-12-21(18)19/h1-15H,16H2/b24-15-. The van der Waals surface area contributed by atoms with E-state index >= 15 is 0 Å². The van der Waals surface area contributed by atoms with Crippen LogP contribution in [0.1, 0.15) is 11.1 Å². The molecule has 0 spiro atoms. The van der Waals surface area contributed by atoms with Crippen molar-refractivity contribution in [2.75, 3.05) is 4.90 Å². The minimum absolute atomic E-state index is 0.300. The third kappa shape index (κ3) is 4.64. The fourth-order valence-electron chi connectivity index (χ4n) is 3.79. The molecule has 7 heteroatoms. The lowest BCUT2D eigenvalue weighted by atomic mass is 10.1. The van der Waals surface area contributed by atoms with Crippen molar-refractivity contribution >= 4 is 84.0 Å². The first-order valence-corrected chi connectivity index (χ1v) is 13.1. The molecule has 168 valence electrons. The van der Waals surface area contributed by atoms with Gasteiger partial charge >= 0.3 is 0 Å². The van der Waals surface area contributed by atoms with Crippen molar-refractivity contribution in [2.24, 2.45) is 0 Å². The fraction of sp³-hybridized carbons (Fsp3) is 0.0370. The minimum atomic E-state index is -0.316. The van der Waals surface area contributed by atoms with Gasteiger partial charge < -0.3 is 4.74 Å². The number of rotatable bonds is 5. The molecule has 4 nitrogen and oxygen atoms in total. The van der Waals surface area contributed by atoms with Gasteiger partial charge in [-0.3, -0.25) is 9.59 Å². The zero-order valence-corrected chi connectivity index (χ0v) is 22.3. The minimum Gasteiger partial charge on any atom is -0.487 e. The highest BCUT2D eigenvalue weighted by Gasteiger charge is 2.36. The van der Waals surface area contributed by atoms with Gasteiger partial charge in [0.25, 0.3) is 11.1 Å². The summed E-state index contributed by atoms with van der Waals surface area (Å²) in [7, 11) is 0. The number of para-hydroxylation sites is 1. The van der Waals surface area contributed by atoms with Crippen molar-refractivity contribution in [3.8, 4) is 5.75 Å². The number of amides is 2. The lowest BCUT2D eigenvalue weighted by Gasteiger charge is -2.13. The Labute approximate surface area is 223 Å². The summed E-state index contributed by atoms with van der Waals surface area (Å²) in [6.07, 6.45) is 1.75. The number of carbonyl (C=O) groups excluding carboxylic acids is 2. The number of nitrogens with zero attached hydrogens (tertiary/aromatic N) is 1. The molecule has 0 atom stereocenters. The second-order valence-corrected chi connectivity index (χ2v) is 10.6. The van der Waals surface area contributed by atoms with Crippen molar-refractivity contribution in [3.05, 3.63) is 109 Å². The third-order valence-electron chi connectivity index (χ3n) is 5.38. The molecule has 5 rings (SSSR count). The molecule has 0 saturated carbocycles. The molecule has 0 N–H and O–H groups in total. The highest BCUT2D eigenvalue weighted by molar-refractivity contribution is 14.1. The van der Waals surface area contributed by atoms with E-state index in [-0.39, 0.29) is 11.1 Å².